The molecule has 0 heterocycles. The summed E-state index contributed by atoms with van der Waals surface area (Å²) in [7, 11) is 1.40. The summed E-state index contributed by atoms with van der Waals surface area (Å²) >= 11 is 11.8. The van der Waals surface area contributed by atoms with Crippen LogP contribution in [0.2, 0.25) is 10.0 Å². The first kappa shape index (κ1) is 20.8. The molecule has 0 spiro atoms. The third kappa shape index (κ3) is 5.24. The Morgan fingerprint density at radius 2 is 1.89 bits per heavy atom. The van der Waals surface area contributed by atoms with Gasteiger partial charge in [-0.1, -0.05) is 23.2 Å². The van der Waals surface area contributed by atoms with Crippen LogP contribution in [0.15, 0.2) is 30.3 Å². The number of hydrogen-bond donors (Lipinski definition) is 2. The topological polar surface area (TPSA) is 90.7 Å². The van der Waals surface area contributed by atoms with Crippen molar-refractivity contribution < 1.29 is 23.5 Å². The summed E-state index contributed by atoms with van der Waals surface area (Å²) in [6.45, 7) is 1.34. The first-order valence-electron chi connectivity index (χ1n) is 7.77. The first-order valence-corrected chi connectivity index (χ1v) is 8.53. The summed E-state index contributed by atoms with van der Waals surface area (Å²) in [5.74, 6) is -1.18. The smallest absolute Gasteiger partial charge is 0.255 e. The van der Waals surface area contributed by atoms with Gasteiger partial charge in [0.15, 0.2) is 18.1 Å². The van der Waals surface area contributed by atoms with E-state index < -0.39 is 23.7 Å². The zero-order chi connectivity index (χ0) is 20.1. The van der Waals surface area contributed by atoms with Gasteiger partial charge in [-0.2, -0.15) is 0 Å². The largest absolute Gasteiger partial charge is 0.493 e. The normalized spacial score (nSPS) is 11.6. The van der Waals surface area contributed by atoms with Crippen LogP contribution < -0.4 is 20.5 Å². The van der Waals surface area contributed by atoms with Crippen molar-refractivity contribution in [2.24, 2.45) is 5.73 Å². The Bertz CT molecular complexity index is 877. The molecule has 0 saturated carbocycles. The lowest BCUT2D eigenvalue weighted by Gasteiger charge is -2.17. The Kier molecular flexibility index (Phi) is 6.87. The van der Waals surface area contributed by atoms with Crippen LogP contribution in [0.3, 0.4) is 0 Å². The average molecular weight is 415 g/mol. The predicted octanol–water partition coefficient (Wildman–Crippen LogP) is 3.50. The zero-order valence-corrected chi connectivity index (χ0v) is 16.0. The van der Waals surface area contributed by atoms with Gasteiger partial charge in [0.1, 0.15) is 5.82 Å². The second kappa shape index (κ2) is 8.92. The Balaban J connectivity index is 2.18. The summed E-state index contributed by atoms with van der Waals surface area (Å²) in [6, 6.07) is 6.30. The molecule has 0 unspecified atom stereocenters. The lowest BCUT2D eigenvalue weighted by atomic mass is 10.1. The number of ether oxygens (including phenoxy) is 2. The molecule has 0 saturated heterocycles. The molecule has 0 aliphatic rings. The number of halogens is 3. The minimum absolute atomic E-state index is 0.0986. The molecular formula is C18H17Cl2FN2O4. The van der Waals surface area contributed by atoms with Crippen LogP contribution in [0, 0.1) is 5.82 Å². The molecule has 1 atom stereocenters. The van der Waals surface area contributed by atoms with E-state index in [1.54, 1.807) is 6.92 Å². The molecule has 3 N–H and O–H groups in total. The van der Waals surface area contributed by atoms with Crippen LogP contribution in [0.1, 0.15) is 28.9 Å². The van der Waals surface area contributed by atoms with Crippen LogP contribution >= 0.6 is 23.2 Å². The van der Waals surface area contributed by atoms with Gasteiger partial charge >= 0.3 is 0 Å². The molecule has 0 aliphatic carbocycles. The number of amides is 2. The third-order valence-corrected chi connectivity index (χ3v) is 4.27. The number of nitrogens with one attached hydrogen (secondary N) is 1. The second-order valence-electron chi connectivity index (χ2n) is 5.60. The highest BCUT2D eigenvalue weighted by molar-refractivity contribution is 6.35. The molecule has 2 amide bonds. The fourth-order valence-corrected chi connectivity index (χ4v) is 2.85. The van der Waals surface area contributed by atoms with E-state index in [9.17, 15) is 14.0 Å². The number of rotatable bonds is 7. The van der Waals surface area contributed by atoms with E-state index in [1.165, 1.54) is 37.4 Å². The molecule has 2 aromatic carbocycles. The Morgan fingerprint density at radius 3 is 2.52 bits per heavy atom. The maximum absolute atomic E-state index is 13.7. The van der Waals surface area contributed by atoms with Crippen LogP contribution in [0.25, 0.3) is 0 Å². The molecule has 0 aromatic heterocycles. The van der Waals surface area contributed by atoms with Crippen molar-refractivity contribution in [3.05, 3.63) is 57.3 Å². The third-order valence-electron chi connectivity index (χ3n) is 3.65. The number of carbonyl (C=O) groups is 2. The lowest BCUT2D eigenvalue weighted by molar-refractivity contribution is -0.119. The standard InChI is InChI=1S/C18H17Cl2FN2O4/c1-9(11-6-14(21)13(20)7-12(11)19)23-18(25)10-3-4-15(16(5-10)26-2)27-8-17(22)24/h3-7,9H,8H2,1-2H3,(H2,22,24)(H,23,25)/t9-/m0/s1. The number of primary amides is 1. The minimum atomic E-state index is -0.639. The number of carbonyl (C=O) groups excluding carboxylic acids is 2. The summed E-state index contributed by atoms with van der Waals surface area (Å²) in [5.41, 5.74) is 5.70. The van der Waals surface area contributed by atoms with Gasteiger partial charge in [-0.3, -0.25) is 9.59 Å². The van der Waals surface area contributed by atoms with Gasteiger partial charge in [-0.05, 0) is 42.8 Å². The summed E-state index contributed by atoms with van der Waals surface area (Å²) in [4.78, 5) is 23.3. The molecular weight excluding hydrogens is 398 g/mol. The van der Waals surface area contributed by atoms with Crippen molar-refractivity contribution in [1.29, 1.82) is 0 Å². The molecule has 27 heavy (non-hydrogen) atoms. The first-order chi connectivity index (χ1) is 12.7. The molecule has 2 rings (SSSR count). The van der Waals surface area contributed by atoms with E-state index in [4.69, 9.17) is 38.4 Å². The fourth-order valence-electron chi connectivity index (χ4n) is 2.30. The van der Waals surface area contributed by atoms with E-state index in [-0.39, 0.29) is 33.7 Å². The van der Waals surface area contributed by atoms with Crippen LogP contribution in [-0.4, -0.2) is 25.5 Å². The molecule has 0 fully saturated rings. The van der Waals surface area contributed by atoms with Gasteiger partial charge in [0.05, 0.1) is 18.2 Å². The number of nitrogens with two attached hydrogens (primary N) is 1. The molecule has 144 valence electrons. The van der Waals surface area contributed by atoms with Crippen LogP contribution in [0.5, 0.6) is 11.5 Å². The second-order valence-corrected chi connectivity index (χ2v) is 6.42. The van der Waals surface area contributed by atoms with Gasteiger partial charge in [0, 0.05) is 10.6 Å². The van der Waals surface area contributed by atoms with Crippen LogP contribution in [-0.2, 0) is 4.79 Å². The molecule has 0 aliphatic heterocycles. The van der Waals surface area contributed by atoms with Gasteiger partial charge in [-0.15, -0.1) is 0 Å². The maximum Gasteiger partial charge on any atom is 0.255 e. The van der Waals surface area contributed by atoms with Crippen molar-refractivity contribution in [3.8, 4) is 11.5 Å². The van der Waals surface area contributed by atoms with Crippen LogP contribution in [0.4, 0.5) is 4.39 Å². The van der Waals surface area contributed by atoms with Crippen molar-refractivity contribution >= 4 is 35.0 Å². The zero-order valence-electron chi connectivity index (χ0n) is 14.5. The fraction of sp³-hybridized carbons (Fsp3) is 0.222. The van der Waals surface area contributed by atoms with E-state index in [2.05, 4.69) is 5.32 Å². The average Bonchev–Trinajstić information content (AvgIpc) is 2.62. The summed E-state index contributed by atoms with van der Waals surface area (Å²) in [5, 5.41) is 2.86. The summed E-state index contributed by atoms with van der Waals surface area (Å²) in [6.07, 6.45) is 0. The molecule has 9 heteroatoms. The number of hydrogen-bond acceptors (Lipinski definition) is 4. The highest BCUT2D eigenvalue weighted by Gasteiger charge is 2.18. The Labute approximate surface area is 165 Å². The SMILES string of the molecule is COc1cc(C(=O)N[C@@H](C)c2cc(F)c(Cl)cc2Cl)ccc1OCC(N)=O. The Morgan fingerprint density at radius 1 is 1.19 bits per heavy atom. The Hall–Kier alpha value is -2.51. The van der Waals surface area contributed by atoms with Gasteiger partial charge in [-0.25, -0.2) is 4.39 Å². The van der Waals surface area contributed by atoms with Crippen molar-refractivity contribution in [1.82, 2.24) is 5.32 Å². The highest BCUT2D eigenvalue weighted by Crippen LogP contribution is 2.30. The molecule has 0 bridgehead atoms. The molecule has 0 radical (unpaired) electrons. The number of methoxy groups -OCH3 is 1. The van der Waals surface area contributed by atoms with E-state index in [0.29, 0.717) is 5.56 Å². The number of benzene rings is 2. The maximum atomic E-state index is 13.7. The summed E-state index contributed by atoms with van der Waals surface area (Å²) < 4.78 is 24.1. The predicted molar refractivity (Wildman–Crippen MR) is 100.0 cm³/mol. The van der Waals surface area contributed by atoms with Crippen molar-refractivity contribution in [2.75, 3.05) is 13.7 Å². The quantitative estimate of drug-likeness (QED) is 0.678. The van der Waals surface area contributed by atoms with Crippen molar-refractivity contribution in [2.45, 2.75) is 13.0 Å². The van der Waals surface area contributed by atoms with Gasteiger partial charge in [0.2, 0.25) is 0 Å². The van der Waals surface area contributed by atoms with Crippen molar-refractivity contribution in [3.63, 3.8) is 0 Å². The minimum Gasteiger partial charge on any atom is -0.493 e. The molecule has 6 nitrogen and oxygen atoms in total. The van der Waals surface area contributed by atoms with Gasteiger partial charge in [0.25, 0.3) is 11.8 Å². The van der Waals surface area contributed by atoms with E-state index in [1.807, 2.05) is 0 Å². The molecule has 2 aromatic rings. The van der Waals surface area contributed by atoms with E-state index >= 15 is 0 Å². The van der Waals surface area contributed by atoms with Gasteiger partial charge < -0.3 is 20.5 Å². The lowest BCUT2D eigenvalue weighted by Crippen LogP contribution is -2.27. The highest BCUT2D eigenvalue weighted by atomic mass is 35.5. The monoisotopic (exact) mass is 414 g/mol. The van der Waals surface area contributed by atoms with E-state index in [0.717, 1.165) is 0 Å².